The summed E-state index contributed by atoms with van der Waals surface area (Å²) in [5.74, 6) is 1.08. The lowest BCUT2D eigenvalue weighted by Gasteiger charge is -2.11. The average Bonchev–Trinajstić information content (AvgIpc) is 4.18. The molecule has 0 heteroatoms. The maximum absolute atomic E-state index is 2.31. The van der Waals surface area contributed by atoms with Gasteiger partial charge in [-0.2, -0.15) is 0 Å². The van der Waals surface area contributed by atoms with E-state index in [0.717, 1.165) is 5.92 Å². The first-order valence-corrected chi connectivity index (χ1v) is 19.6. The minimum atomic E-state index is 1.08. The third kappa shape index (κ3) is 10.6. The van der Waals surface area contributed by atoms with E-state index in [2.05, 4.69) is 214 Å². The lowest BCUT2D eigenvalue weighted by Crippen LogP contribution is -1.89. The minimum absolute atomic E-state index is 1.08. The highest BCUT2D eigenvalue weighted by molar-refractivity contribution is 5.92. The Bertz CT molecular complexity index is 2010. The van der Waals surface area contributed by atoms with Crippen molar-refractivity contribution in [2.75, 3.05) is 0 Å². The molecule has 0 radical (unpaired) electrons. The van der Waals surface area contributed by atoms with Gasteiger partial charge in [-0.15, -0.1) is 0 Å². The van der Waals surface area contributed by atoms with E-state index in [4.69, 9.17) is 0 Å². The second-order valence-corrected chi connectivity index (χ2v) is 14.7. The molecule has 0 heterocycles. The maximum atomic E-state index is 2.31. The second kappa shape index (κ2) is 18.2. The van der Waals surface area contributed by atoms with Crippen molar-refractivity contribution in [1.82, 2.24) is 0 Å². The molecule has 0 aromatic heterocycles. The molecule has 2 aliphatic rings. The molecular weight excluding hydrogens is 649 g/mol. The van der Waals surface area contributed by atoms with Crippen molar-refractivity contribution in [2.45, 2.75) is 46.0 Å². The fourth-order valence-corrected chi connectivity index (χ4v) is 6.30. The zero-order valence-electron chi connectivity index (χ0n) is 31.7. The molecule has 0 unspecified atom stereocenters. The van der Waals surface area contributed by atoms with Crippen LogP contribution in [0, 0.1) is 12.8 Å². The van der Waals surface area contributed by atoms with Crippen molar-refractivity contribution >= 4 is 23.3 Å². The van der Waals surface area contributed by atoms with Gasteiger partial charge < -0.3 is 0 Å². The van der Waals surface area contributed by atoms with Crippen LogP contribution in [0.5, 0.6) is 0 Å². The molecule has 266 valence electrons. The van der Waals surface area contributed by atoms with Crippen LogP contribution in [0.25, 0.3) is 45.6 Å². The van der Waals surface area contributed by atoms with Crippen molar-refractivity contribution < 1.29 is 0 Å². The highest BCUT2D eigenvalue weighted by Gasteiger charge is 2.13. The van der Waals surface area contributed by atoms with Gasteiger partial charge in [0.15, 0.2) is 0 Å². The fourth-order valence-electron chi connectivity index (χ4n) is 6.30. The monoisotopic (exact) mass is 698 g/mol. The fraction of sp³-hybridized carbons (Fsp3) is 0.148. The molecule has 0 saturated heterocycles. The number of benzene rings is 7. The van der Waals surface area contributed by atoms with E-state index in [1.165, 1.54) is 104 Å². The van der Waals surface area contributed by atoms with Crippen LogP contribution in [0.3, 0.4) is 0 Å². The van der Waals surface area contributed by atoms with Crippen LogP contribution in [0.2, 0.25) is 0 Å². The van der Waals surface area contributed by atoms with Gasteiger partial charge in [0.2, 0.25) is 0 Å². The van der Waals surface area contributed by atoms with E-state index >= 15 is 0 Å². The van der Waals surface area contributed by atoms with Crippen molar-refractivity contribution in [3.05, 3.63) is 227 Å². The molecule has 2 aliphatic carbocycles. The van der Waals surface area contributed by atoms with Crippen LogP contribution in [0.1, 0.15) is 78.0 Å². The van der Waals surface area contributed by atoms with E-state index in [9.17, 15) is 0 Å². The SMILES string of the molecule is C1CC1.CC1CC1.Cc1cc(-c2ccc(C=C(c3ccccc3)c3ccccc3)cc2)cc(-c2ccc(C=C(c3ccccc3)c3ccccc3)cc2)c1. The smallest absolute Gasteiger partial charge is 0.0105 e. The van der Waals surface area contributed by atoms with E-state index in [1.807, 2.05) is 0 Å². The van der Waals surface area contributed by atoms with Crippen molar-refractivity contribution in [3.8, 4) is 22.3 Å². The topological polar surface area (TPSA) is 0 Å². The van der Waals surface area contributed by atoms with Crippen LogP contribution in [0.15, 0.2) is 188 Å². The average molecular weight is 699 g/mol. The molecule has 54 heavy (non-hydrogen) atoms. The first kappa shape index (κ1) is 36.4. The van der Waals surface area contributed by atoms with Gasteiger partial charge >= 0.3 is 0 Å². The lowest BCUT2D eigenvalue weighted by atomic mass is 9.93. The highest BCUT2D eigenvalue weighted by Crippen LogP contribution is 2.32. The van der Waals surface area contributed by atoms with E-state index in [1.54, 1.807) is 0 Å². The third-order valence-electron chi connectivity index (χ3n) is 9.75. The standard InChI is InChI=1S/C47H36.C4H8.C3H6/c1-35-30-44(38-26-22-36(23-27-38)32-46(40-14-6-2-7-15-40)41-16-8-3-9-17-41)34-45(31-35)39-28-24-37(25-29-39)33-47(42-18-10-4-11-19-42)43-20-12-5-13-21-43;1-4-2-3-4;1-2-3-1/h2-34H,1H3;4H,2-3H2,1H3;1-3H2. The normalized spacial score (nSPS) is 12.6. The largest absolute Gasteiger partial charge is 0.0625 e. The predicted octanol–water partition coefficient (Wildman–Crippen LogP) is 15.1. The Balaban J connectivity index is 0.000000578. The summed E-state index contributed by atoms with van der Waals surface area (Å²) in [5, 5.41) is 0. The first-order valence-electron chi connectivity index (χ1n) is 19.6. The van der Waals surface area contributed by atoms with Crippen LogP contribution >= 0.6 is 0 Å². The van der Waals surface area contributed by atoms with E-state index < -0.39 is 0 Å². The van der Waals surface area contributed by atoms with Gasteiger partial charge in [-0.1, -0.05) is 221 Å². The zero-order valence-corrected chi connectivity index (χ0v) is 31.7. The molecule has 7 aromatic rings. The number of hydrogen-bond acceptors (Lipinski definition) is 0. The van der Waals surface area contributed by atoms with E-state index in [0.29, 0.717) is 0 Å². The number of aryl methyl sites for hydroxylation is 1. The molecule has 2 fully saturated rings. The molecule has 0 spiro atoms. The Morgan fingerprint density at radius 2 is 0.685 bits per heavy atom. The van der Waals surface area contributed by atoms with Crippen molar-refractivity contribution in [1.29, 1.82) is 0 Å². The summed E-state index contributed by atoms with van der Waals surface area (Å²) in [6, 6.07) is 67.2. The second-order valence-electron chi connectivity index (χ2n) is 14.7. The zero-order chi connectivity index (χ0) is 37.0. The Hall–Kier alpha value is -5.98. The molecule has 0 bridgehead atoms. The Labute approximate surface area is 323 Å². The Morgan fingerprint density at radius 3 is 0.944 bits per heavy atom. The molecule has 0 aliphatic heterocycles. The molecular formula is C54H50. The van der Waals surface area contributed by atoms with Gasteiger partial charge in [-0.05, 0) is 103 Å². The van der Waals surface area contributed by atoms with Crippen LogP contribution in [-0.4, -0.2) is 0 Å². The molecule has 0 nitrogen and oxygen atoms in total. The summed E-state index contributed by atoms with van der Waals surface area (Å²) in [6.07, 6.45) is 12.0. The molecule has 0 N–H and O–H groups in total. The Kier molecular flexibility index (Phi) is 12.2. The summed E-state index contributed by atoms with van der Waals surface area (Å²) in [6.45, 7) is 4.46. The molecule has 2 saturated carbocycles. The van der Waals surface area contributed by atoms with Crippen molar-refractivity contribution in [2.24, 2.45) is 5.92 Å². The van der Waals surface area contributed by atoms with Gasteiger partial charge in [0.25, 0.3) is 0 Å². The summed E-state index contributed by atoms with van der Waals surface area (Å²) in [7, 11) is 0. The maximum Gasteiger partial charge on any atom is -0.0105 e. The molecule has 0 amide bonds. The summed E-state index contributed by atoms with van der Waals surface area (Å²) >= 11 is 0. The molecule has 0 atom stereocenters. The predicted molar refractivity (Wildman–Crippen MR) is 234 cm³/mol. The summed E-state index contributed by atoms with van der Waals surface area (Å²) < 4.78 is 0. The first-order chi connectivity index (χ1) is 26.6. The van der Waals surface area contributed by atoms with Crippen molar-refractivity contribution in [3.63, 3.8) is 0 Å². The highest BCUT2D eigenvalue weighted by atomic mass is 14.2. The van der Waals surface area contributed by atoms with Gasteiger partial charge in [-0.3, -0.25) is 0 Å². The van der Waals surface area contributed by atoms with Gasteiger partial charge in [-0.25, -0.2) is 0 Å². The summed E-state index contributed by atoms with van der Waals surface area (Å²) in [5.41, 5.74) is 15.8. The van der Waals surface area contributed by atoms with Crippen LogP contribution in [-0.2, 0) is 0 Å². The lowest BCUT2D eigenvalue weighted by molar-refractivity contribution is 0.983. The van der Waals surface area contributed by atoms with E-state index in [-0.39, 0.29) is 0 Å². The van der Waals surface area contributed by atoms with Crippen LogP contribution < -0.4 is 0 Å². The molecule has 7 aromatic carbocycles. The van der Waals surface area contributed by atoms with Gasteiger partial charge in [0.05, 0.1) is 0 Å². The minimum Gasteiger partial charge on any atom is -0.0625 e. The Morgan fingerprint density at radius 1 is 0.389 bits per heavy atom. The number of rotatable bonds is 8. The van der Waals surface area contributed by atoms with Gasteiger partial charge in [0.1, 0.15) is 0 Å². The summed E-state index contributed by atoms with van der Waals surface area (Å²) in [4.78, 5) is 0. The number of hydrogen-bond donors (Lipinski definition) is 0. The molecule has 9 rings (SSSR count). The third-order valence-corrected chi connectivity index (χ3v) is 9.75. The quantitative estimate of drug-likeness (QED) is 0.139. The van der Waals surface area contributed by atoms with Crippen LogP contribution in [0.4, 0.5) is 0 Å². The van der Waals surface area contributed by atoms with Gasteiger partial charge in [0, 0.05) is 0 Å².